The number of carbonyl (C=O) groups excluding carboxylic acids is 2. The van der Waals surface area contributed by atoms with Gasteiger partial charge in [-0.2, -0.15) is 0 Å². The summed E-state index contributed by atoms with van der Waals surface area (Å²) in [6.45, 7) is 7.30. The molecule has 0 spiro atoms. The number of benzene rings is 1. The monoisotopic (exact) mass is 471 g/mol. The second-order valence-corrected chi connectivity index (χ2v) is 9.28. The van der Waals surface area contributed by atoms with Crippen molar-refractivity contribution in [3.8, 4) is 0 Å². The maximum absolute atomic E-state index is 13.4. The average molecular weight is 472 g/mol. The number of aliphatic hydroxyl groups excluding tert-OH is 2. The molecule has 7 heteroatoms. The fraction of sp³-hybridized carbons (Fsp3) is 0.556. The number of nitrogens with two attached hydrogens (primary N) is 1. The van der Waals surface area contributed by atoms with Crippen LogP contribution in [0, 0.1) is 11.3 Å². The number of amides is 2. The SMILES string of the molecule is CCCN(CCC)C(=O)C1=CC=CC(C(N)=O)([C@H](Cc2ccccc2)[C@@H](O)CN[C@@H](C)CO)C1. The van der Waals surface area contributed by atoms with Gasteiger partial charge in [0.15, 0.2) is 0 Å². The second kappa shape index (κ2) is 13.4. The van der Waals surface area contributed by atoms with Crippen molar-refractivity contribution in [3.63, 3.8) is 0 Å². The Balaban J connectivity index is 2.41. The van der Waals surface area contributed by atoms with Crippen LogP contribution in [0.1, 0.15) is 45.6 Å². The van der Waals surface area contributed by atoms with E-state index in [1.165, 1.54) is 0 Å². The van der Waals surface area contributed by atoms with Crippen LogP contribution in [0.25, 0.3) is 0 Å². The van der Waals surface area contributed by atoms with Crippen LogP contribution >= 0.6 is 0 Å². The summed E-state index contributed by atoms with van der Waals surface area (Å²) in [6, 6.07) is 9.46. The van der Waals surface area contributed by atoms with E-state index in [0.717, 1.165) is 18.4 Å². The zero-order chi connectivity index (χ0) is 25.1. The Kier molecular flexibility index (Phi) is 11.0. The topological polar surface area (TPSA) is 116 Å². The zero-order valence-corrected chi connectivity index (χ0v) is 20.7. The highest BCUT2D eigenvalue weighted by Gasteiger charge is 2.47. The third kappa shape index (κ3) is 7.01. The van der Waals surface area contributed by atoms with Crippen molar-refractivity contribution < 1.29 is 19.8 Å². The van der Waals surface area contributed by atoms with Crippen molar-refractivity contribution in [1.82, 2.24) is 10.2 Å². The first-order chi connectivity index (χ1) is 16.3. The van der Waals surface area contributed by atoms with E-state index >= 15 is 0 Å². The maximum Gasteiger partial charge on any atom is 0.249 e. The predicted octanol–water partition coefficient (Wildman–Crippen LogP) is 2.18. The Morgan fingerprint density at radius 1 is 1.18 bits per heavy atom. The predicted molar refractivity (Wildman–Crippen MR) is 135 cm³/mol. The molecule has 2 rings (SSSR count). The Bertz CT molecular complexity index is 849. The van der Waals surface area contributed by atoms with Gasteiger partial charge < -0.3 is 26.2 Å². The van der Waals surface area contributed by atoms with Gasteiger partial charge in [-0.25, -0.2) is 0 Å². The van der Waals surface area contributed by atoms with Crippen LogP contribution in [0.4, 0.5) is 0 Å². The van der Waals surface area contributed by atoms with Crippen molar-refractivity contribution in [2.24, 2.45) is 17.1 Å². The number of hydrogen-bond donors (Lipinski definition) is 4. The minimum absolute atomic E-state index is 0.0665. The molecule has 1 aliphatic rings. The van der Waals surface area contributed by atoms with Crippen molar-refractivity contribution >= 4 is 11.8 Å². The number of carbonyl (C=O) groups is 2. The number of nitrogens with zero attached hydrogens (tertiary/aromatic N) is 1. The molecule has 1 unspecified atom stereocenters. The molecule has 1 aromatic carbocycles. The third-order valence-electron chi connectivity index (χ3n) is 6.56. The lowest BCUT2D eigenvalue weighted by Crippen LogP contribution is -2.52. The molecule has 0 bridgehead atoms. The van der Waals surface area contributed by atoms with Crippen LogP contribution in [-0.4, -0.2) is 65.3 Å². The summed E-state index contributed by atoms with van der Waals surface area (Å²) in [4.78, 5) is 28.2. The zero-order valence-electron chi connectivity index (χ0n) is 20.7. The quantitative estimate of drug-likeness (QED) is 0.332. The first kappa shape index (κ1) is 27.8. The molecule has 0 aliphatic heterocycles. The van der Waals surface area contributed by atoms with Crippen LogP contribution in [-0.2, 0) is 16.0 Å². The van der Waals surface area contributed by atoms with E-state index in [4.69, 9.17) is 5.73 Å². The standard InChI is InChI=1S/C27H41N3O4/c1-4-14-30(15-5-2)25(33)22-12-9-13-27(17-22,26(28)34)23(16-21-10-7-6-8-11-21)24(32)18-29-20(3)19-31/h6-13,20,23-24,29,31-32H,4-5,14-19H2,1-3H3,(H2,28,34)/t20-,23+,24-,27?/m0/s1. The molecule has 4 atom stereocenters. The van der Waals surface area contributed by atoms with Gasteiger partial charge in [0.05, 0.1) is 18.1 Å². The second-order valence-electron chi connectivity index (χ2n) is 9.28. The largest absolute Gasteiger partial charge is 0.395 e. The molecule has 0 aromatic heterocycles. The van der Waals surface area contributed by atoms with E-state index in [9.17, 15) is 19.8 Å². The lowest BCUT2D eigenvalue weighted by atomic mass is 9.64. The first-order valence-corrected chi connectivity index (χ1v) is 12.3. The van der Waals surface area contributed by atoms with E-state index in [1.54, 1.807) is 18.2 Å². The van der Waals surface area contributed by atoms with Gasteiger partial charge >= 0.3 is 0 Å². The van der Waals surface area contributed by atoms with Crippen molar-refractivity contribution in [2.45, 2.75) is 58.6 Å². The summed E-state index contributed by atoms with van der Waals surface area (Å²) in [6.07, 6.45) is 6.57. The number of allylic oxidation sites excluding steroid dienone is 2. The molecule has 0 saturated carbocycles. The van der Waals surface area contributed by atoms with Crippen LogP contribution in [0.3, 0.4) is 0 Å². The van der Waals surface area contributed by atoms with E-state index < -0.39 is 23.3 Å². The Morgan fingerprint density at radius 3 is 2.38 bits per heavy atom. The van der Waals surface area contributed by atoms with Gasteiger partial charge in [-0.1, -0.05) is 62.4 Å². The molecule has 5 N–H and O–H groups in total. The summed E-state index contributed by atoms with van der Waals surface area (Å²) in [7, 11) is 0. The smallest absolute Gasteiger partial charge is 0.249 e. The summed E-state index contributed by atoms with van der Waals surface area (Å²) >= 11 is 0. The van der Waals surface area contributed by atoms with Crippen molar-refractivity contribution in [3.05, 3.63) is 59.7 Å². The number of nitrogens with one attached hydrogen (secondary N) is 1. The summed E-state index contributed by atoms with van der Waals surface area (Å²) in [5.74, 6) is -1.21. The lowest BCUT2D eigenvalue weighted by Gasteiger charge is -2.41. The van der Waals surface area contributed by atoms with Crippen LogP contribution in [0.15, 0.2) is 54.1 Å². The fourth-order valence-corrected chi connectivity index (χ4v) is 4.64. The summed E-state index contributed by atoms with van der Waals surface area (Å²) in [5, 5.41) is 23.8. The number of aliphatic hydroxyl groups is 2. The maximum atomic E-state index is 13.4. The first-order valence-electron chi connectivity index (χ1n) is 12.3. The summed E-state index contributed by atoms with van der Waals surface area (Å²) < 4.78 is 0. The molecule has 0 fully saturated rings. The molecule has 7 nitrogen and oxygen atoms in total. The molecule has 1 aromatic rings. The van der Waals surface area contributed by atoms with E-state index in [1.807, 2.05) is 56.0 Å². The third-order valence-corrected chi connectivity index (χ3v) is 6.56. The fourth-order valence-electron chi connectivity index (χ4n) is 4.64. The Hall–Kier alpha value is -2.48. The van der Waals surface area contributed by atoms with E-state index in [0.29, 0.717) is 25.1 Å². The van der Waals surface area contributed by atoms with Gasteiger partial charge in [0.2, 0.25) is 11.8 Å². The highest BCUT2D eigenvalue weighted by Crippen LogP contribution is 2.43. The minimum Gasteiger partial charge on any atom is -0.395 e. The van der Waals surface area contributed by atoms with Crippen molar-refractivity contribution in [1.29, 1.82) is 0 Å². The van der Waals surface area contributed by atoms with E-state index in [2.05, 4.69) is 5.32 Å². The summed E-state index contributed by atoms with van der Waals surface area (Å²) in [5.41, 5.74) is 6.30. The van der Waals surface area contributed by atoms with Gasteiger partial charge in [-0.3, -0.25) is 9.59 Å². The molecule has 1 aliphatic carbocycles. The van der Waals surface area contributed by atoms with Crippen LogP contribution in [0.5, 0.6) is 0 Å². The van der Waals surface area contributed by atoms with Crippen LogP contribution < -0.4 is 11.1 Å². The lowest BCUT2D eigenvalue weighted by molar-refractivity contribution is -0.132. The van der Waals surface area contributed by atoms with Gasteiger partial charge in [-0.15, -0.1) is 0 Å². The van der Waals surface area contributed by atoms with Crippen molar-refractivity contribution in [2.75, 3.05) is 26.2 Å². The normalized spacial score (nSPS) is 20.3. The van der Waals surface area contributed by atoms with Gasteiger partial charge in [-0.05, 0) is 38.2 Å². The molecular formula is C27H41N3O4. The van der Waals surface area contributed by atoms with Gasteiger partial charge in [0.1, 0.15) is 0 Å². The highest BCUT2D eigenvalue weighted by molar-refractivity contribution is 5.96. The molecule has 34 heavy (non-hydrogen) atoms. The van der Waals surface area contributed by atoms with E-state index in [-0.39, 0.29) is 31.5 Å². The molecule has 0 saturated heterocycles. The number of hydrogen-bond acceptors (Lipinski definition) is 5. The Morgan fingerprint density at radius 2 is 1.82 bits per heavy atom. The van der Waals surface area contributed by atoms with Gasteiger partial charge in [0, 0.05) is 37.2 Å². The average Bonchev–Trinajstić information content (AvgIpc) is 2.85. The highest BCUT2D eigenvalue weighted by atomic mass is 16.3. The molecule has 2 amide bonds. The molecule has 0 heterocycles. The number of rotatable bonds is 14. The molecular weight excluding hydrogens is 430 g/mol. The number of primary amides is 1. The van der Waals surface area contributed by atoms with Crippen LogP contribution in [0.2, 0.25) is 0 Å². The van der Waals surface area contributed by atoms with Gasteiger partial charge in [0.25, 0.3) is 0 Å². The Labute approximate surface area is 203 Å². The molecule has 188 valence electrons. The minimum atomic E-state index is -1.22. The molecule has 0 radical (unpaired) electrons.